The number of hydrogen-bond acceptors (Lipinski definition) is 5. The zero-order valence-corrected chi connectivity index (χ0v) is 23.9. The zero-order chi connectivity index (χ0) is 30.4. The number of benzene rings is 4. The highest BCUT2D eigenvalue weighted by atomic mass is 35.5. The van der Waals surface area contributed by atoms with Crippen LogP contribution >= 0.6 is 11.6 Å². The highest BCUT2D eigenvalue weighted by Crippen LogP contribution is 2.64. The van der Waals surface area contributed by atoms with Crippen LogP contribution in [-0.2, 0) is 5.41 Å². The Morgan fingerprint density at radius 2 is 1.80 bits per heavy atom. The molecule has 216 valence electrons. The summed E-state index contributed by atoms with van der Waals surface area (Å²) in [6.07, 6.45) is 3.58. The minimum atomic E-state index is -0.799. The second-order valence-corrected chi connectivity index (χ2v) is 11.3. The van der Waals surface area contributed by atoms with Crippen molar-refractivity contribution in [3.05, 3.63) is 154 Å². The normalized spacial score (nSPS) is 17.4. The smallest absolute Gasteiger partial charge is 0.248 e. The molecule has 7 rings (SSSR count). The van der Waals surface area contributed by atoms with Gasteiger partial charge in [-0.2, -0.15) is 9.41 Å². The average Bonchev–Trinajstić information content (AvgIpc) is 3.55. The standard InChI is InChI=1S/C34H24ClFN6O2/c35-27-10-11-31(41-20-38-39-40-41)29(17-27)24-9-12-32(42(44)19-24)34(18-30(34)21-5-2-1-3-6-21)26-14-25(15-28(36)16-26)22-7-4-8-23(13-22)33(37)43/h1-17,19-20,30H,18H2,(H2,37,43)/t30-,34?/m0/s1. The number of carbonyl (C=O) groups excluding carboxylic acids is 1. The summed E-state index contributed by atoms with van der Waals surface area (Å²) in [7, 11) is 0. The SMILES string of the molecule is NC(=O)c1cccc(-c2cc(F)cc(C3(c4ccc(-c5cc(Cl)ccc5-n5cnnn5)c[n+]4[O-])C[C@H]3c3ccccc3)c2)c1. The fourth-order valence-electron chi connectivity index (χ4n) is 6.16. The number of hydrogen-bond donors (Lipinski definition) is 1. The van der Waals surface area contributed by atoms with Gasteiger partial charge in [0.05, 0.1) is 11.1 Å². The van der Waals surface area contributed by atoms with Crippen LogP contribution in [0.1, 0.15) is 39.5 Å². The van der Waals surface area contributed by atoms with Crippen molar-refractivity contribution >= 4 is 17.5 Å². The highest BCUT2D eigenvalue weighted by Gasteiger charge is 2.62. The van der Waals surface area contributed by atoms with Gasteiger partial charge in [0.25, 0.3) is 0 Å². The third-order valence-electron chi connectivity index (χ3n) is 8.29. The van der Waals surface area contributed by atoms with E-state index >= 15 is 4.39 Å². The van der Waals surface area contributed by atoms with Crippen molar-refractivity contribution in [3.63, 3.8) is 0 Å². The molecular weight excluding hydrogens is 579 g/mol. The monoisotopic (exact) mass is 602 g/mol. The predicted octanol–water partition coefficient (Wildman–Crippen LogP) is 5.99. The fourth-order valence-corrected chi connectivity index (χ4v) is 6.34. The number of tetrazole rings is 1. The first-order valence-corrected chi connectivity index (χ1v) is 14.2. The van der Waals surface area contributed by atoms with E-state index in [2.05, 4.69) is 15.5 Å². The third kappa shape index (κ3) is 4.77. The van der Waals surface area contributed by atoms with Crippen LogP contribution in [0.3, 0.4) is 0 Å². The van der Waals surface area contributed by atoms with E-state index in [-0.39, 0.29) is 5.92 Å². The molecular formula is C34H24ClFN6O2. The lowest BCUT2D eigenvalue weighted by molar-refractivity contribution is -0.615. The van der Waals surface area contributed by atoms with E-state index in [0.717, 1.165) is 10.3 Å². The lowest BCUT2D eigenvalue weighted by Gasteiger charge is -2.20. The summed E-state index contributed by atoms with van der Waals surface area (Å²) < 4.78 is 17.7. The molecule has 2 aromatic heterocycles. The fraction of sp³-hybridized carbons (Fsp3) is 0.0882. The van der Waals surface area contributed by atoms with Gasteiger partial charge < -0.3 is 10.9 Å². The minimum Gasteiger partial charge on any atom is -0.618 e. The van der Waals surface area contributed by atoms with Crippen LogP contribution in [-0.4, -0.2) is 26.1 Å². The Morgan fingerprint density at radius 1 is 0.955 bits per heavy atom. The van der Waals surface area contributed by atoms with Gasteiger partial charge in [-0.05, 0) is 93.7 Å². The molecule has 2 heterocycles. The maximum absolute atomic E-state index is 15.4. The number of aromatic nitrogens is 5. The summed E-state index contributed by atoms with van der Waals surface area (Å²) in [6.45, 7) is 0. The van der Waals surface area contributed by atoms with Crippen LogP contribution in [0.4, 0.5) is 4.39 Å². The summed E-state index contributed by atoms with van der Waals surface area (Å²) in [6, 6.07) is 30.4. The zero-order valence-electron chi connectivity index (χ0n) is 23.1. The lowest BCUT2D eigenvalue weighted by Crippen LogP contribution is -2.37. The Labute approximate surface area is 256 Å². The molecule has 0 spiro atoms. The van der Waals surface area contributed by atoms with Crippen molar-refractivity contribution in [1.29, 1.82) is 0 Å². The number of halogens is 2. The van der Waals surface area contributed by atoms with Gasteiger partial charge in [-0.3, -0.25) is 4.79 Å². The summed E-state index contributed by atoms with van der Waals surface area (Å²) in [5.41, 5.74) is 10.4. The number of rotatable bonds is 7. The first kappa shape index (κ1) is 27.4. The Balaban J connectivity index is 1.37. The molecule has 1 unspecified atom stereocenters. The van der Waals surface area contributed by atoms with Gasteiger partial charge >= 0.3 is 0 Å². The molecule has 1 fully saturated rings. The molecule has 0 bridgehead atoms. The molecule has 6 aromatic rings. The Morgan fingerprint density at radius 3 is 2.55 bits per heavy atom. The first-order chi connectivity index (χ1) is 21.3. The van der Waals surface area contributed by atoms with Gasteiger partial charge in [0.1, 0.15) is 12.1 Å². The summed E-state index contributed by atoms with van der Waals surface area (Å²) in [5, 5.41) is 25.9. The molecule has 0 aliphatic heterocycles. The van der Waals surface area contributed by atoms with Crippen molar-refractivity contribution in [1.82, 2.24) is 20.2 Å². The van der Waals surface area contributed by atoms with E-state index in [1.54, 1.807) is 48.5 Å². The Hall–Kier alpha value is -5.41. The molecule has 0 saturated heterocycles. The van der Waals surface area contributed by atoms with Crippen molar-refractivity contribution in [3.8, 4) is 27.9 Å². The van der Waals surface area contributed by atoms with Crippen molar-refractivity contribution < 1.29 is 13.9 Å². The molecule has 0 radical (unpaired) electrons. The van der Waals surface area contributed by atoms with Gasteiger partial charge in [0.15, 0.2) is 6.20 Å². The Bertz CT molecular complexity index is 2040. The number of carbonyl (C=O) groups is 1. The molecule has 1 saturated carbocycles. The maximum atomic E-state index is 15.4. The maximum Gasteiger partial charge on any atom is 0.248 e. The van der Waals surface area contributed by atoms with E-state index < -0.39 is 17.1 Å². The molecule has 44 heavy (non-hydrogen) atoms. The van der Waals surface area contributed by atoms with Crippen LogP contribution in [0.15, 0.2) is 116 Å². The van der Waals surface area contributed by atoms with Gasteiger partial charge in [-0.15, -0.1) is 5.10 Å². The van der Waals surface area contributed by atoms with E-state index in [9.17, 15) is 10.0 Å². The predicted molar refractivity (Wildman–Crippen MR) is 163 cm³/mol. The molecule has 8 nitrogen and oxygen atoms in total. The summed E-state index contributed by atoms with van der Waals surface area (Å²) >= 11 is 6.35. The van der Waals surface area contributed by atoms with Gasteiger partial charge in [-0.25, -0.2) is 4.39 Å². The lowest BCUT2D eigenvalue weighted by atomic mass is 9.85. The van der Waals surface area contributed by atoms with Crippen LogP contribution in [0.2, 0.25) is 5.02 Å². The summed E-state index contributed by atoms with van der Waals surface area (Å²) in [4.78, 5) is 11.8. The topological polar surface area (TPSA) is 114 Å². The first-order valence-electron chi connectivity index (χ1n) is 13.9. The molecule has 2 atom stereocenters. The highest BCUT2D eigenvalue weighted by molar-refractivity contribution is 6.31. The molecule has 2 N–H and O–H groups in total. The van der Waals surface area contributed by atoms with E-state index in [1.165, 1.54) is 29.3 Å². The van der Waals surface area contributed by atoms with Crippen LogP contribution in [0.5, 0.6) is 0 Å². The van der Waals surface area contributed by atoms with Crippen LogP contribution in [0.25, 0.3) is 27.9 Å². The Kier molecular flexibility index (Phi) is 6.67. The molecule has 10 heteroatoms. The largest absolute Gasteiger partial charge is 0.618 e. The average molecular weight is 603 g/mol. The van der Waals surface area contributed by atoms with Crippen molar-refractivity contribution in [2.24, 2.45) is 5.73 Å². The quantitative estimate of drug-likeness (QED) is 0.178. The third-order valence-corrected chi connectivity index (χ3v) is 8.53. The second kappa shape index (κ2) is 10.7. The summed E-state index contributed by atoms with van der Waals surface area (Å²) in [5.74, 6) is -1.08. The molecule has 1 aliphatic carbocycles. The van der Waals surface area contributed by atoms with Crippen molar-refractivity contribution in [2.45, 2.75) is 17.8 Å². The van der Waals surface area contributed by atoms with E-state index in [4.69, 9.17) is 17.3 Å². The number of nitrogens with two attached hydrogens (primary N) is 1. The number of amides is 1. The molecule has 1 aliphatic rings. The number of primary amides is 1. The number of pyridine rings is 1. The van der Waals surface area contributed by atoms with Gasteiger partial charge in [0, 0.05) is 33.7 Å². The number of nitrogens with zero attached hydrogens (tertiary/aromatic N) is 5. The van der Waals surface area contributed by atoms with Gasteiger partial charge in [0.2, 0.25) is 11.6 Å². The van der Waals surface area contributed by atoms with Gasteiger partial charge in [-0.1, -0.05) is 54.1 Å². The van der Waals surface area contributed by atoms with E-state index in [1.807, 2.05) is 42.5 Å². The molecule has 1 amide bonds. The molecule has 4 aromatic carbocycles. The minimum absolute atomic E-state index is 0.0655. The van der Waals surface area contributed by atoms with Crippen molar-refractivity contribution in [2.75, 3.05) is 0 Å². The van der Waals surface area contributed by atoms with E-state index in [0.29, 0.717) is 56.2 Å². The van der Waals surface area contributed by atoms with Crippen LogP contribution < -0.4 is 10.5 Å². The second-order valence-electron chi connectivity index (χ2n) is 10.9. The van der Waals surface area contributed by atoms with Crippen LogP contribution in [0, 0.1) is 11.0 Å².